The lowest BCUT2D eigenvalue weighted by Gasteiger charge is -2.11. The van der Waals surface area contributed by atoms with Gasteiger partial charge in [0.15, 0.2) is 5.96 Å². The fraction of sp³-hybridized carbons (Fsp3) is 0.500. The molecule has 8 heteroatoms. The Morgan fingerprint density at radius 3 is 2.59 bits per heavy atom. The first kappa shape index (κ1) is 20.9. The summed E-state index contributed by atoms with van der Waals surface area (Å²) in [6, 6.07) is 3.72. The lowest BCUT2D eigenvalue weighted by Crippen LogP contribution is -2.41. The standard InChI is InChI=1S/C14H22ClN5O.HI/c1-3-16-14(19-9-8-17-11(2)21)18-7-6-12-4-5-13(15)20-10-12;/h4-5,10H,3,6-9H2,1-2H3,(H,17,21)(H2,16,18,19);1H. The van der Waals surface area contributed by atoms with Crippen LogP contribution in [0.25, 0.3) is 0 Å². The summed E-state index contributed by atoms with van der Waals surface area (Å²) in [4.78, 5) is 19.3. The van der Waals surface area contributed by atoms with Gasteiger partial charge < -0.3 is 16.0 Å². The van der Waals surface area contributed by atoms with E-state index < -0.39 is 0 Å². The molecule has 0 atom stereocenters. The molecule has 124 valence electrons. The second-order valence-corrected chi connectivity index (χ2v) is 4.80. The third-order valence-corrected chi connectivity index (χ3v) is 2.82. The minimum Gasteiger partial charge on any atom is -0.357 e. The molecule has 0 unspecified atom stereocenters. The third-order valence-electron chi connectivity index (χ3n) is 2.59. The molecule has 0 bridgehead atoms. The van der Waals surface area contributed by atoms with Crippen LogP contribution in [0.1, 0.15) is 19.4 Å². The van der Waals surface area contributed by atoms with Crippen molar-refractivity contribution < 1.29 is 4.79 Å². The van der Waals surface area contributed by atoms with Crippen molar-refractivity contribution in [3.63, 3.8) is 0 Å². The van der Waals surface area contributed by atoms with Crippen LogP contribution in [-0.4, -0.2) is 43.0 Å². The molecule has 22 heavy (non-hydrogen) atoms. The second-order valence-electron chi connectivity index (χ2n) is 4.41. The van der Waals surface area contributed by atoms with E-state index in [1.165, 1.54) is 6.92 Å². The Kier molecular flexibility index (Phi) is 11.8. The highest BCUT2D eigenvalue weighted by Crippen LogP contribution is 2.05. The number of aliphatic imine (C=N–C) groups is 1. The zero-order valence-corrected chi connectivity index (χ0v) is 15.9. The van der Waals surface area contributed by atoms with E-state index in [0.717, 1.165) is 24.5 Å². The van der Waals surface area contributed by atoms with Gasteiger partial charge in [0.1, 0.15) is 5.15 Å². The molecular weight excluding hydrogens is 417 g/mol. The van der Waals surface area contributed by atoms with Crippen molar-refractivity contribution in [1.29, 1.82) is 0 Å². The zero-order chi connectivity index (χ0) is 15.5. The van der Waals surface area contributed by atoms with Gasteiger partial charge in [0, 0.05) is 39.3 Å². The van der Waals surface area contributed by atoms with E-state index >= 15 is 0 Å². The number of pyridine rings is 1. The Morgan fingerprint density at radius 2 is 2.00 bits per heavy atom. The van der Waals surface area contributed by atoms with E-state index in [0.29, 0.717) is 24.8 Å². The van der Waals surface area contributed by atoms with E-state index in [-0.39, 0.29) is 29.9 Å². The maximum atomic E-state index is 10.8. The number of halogens is 2. The summed E-state index contributed by atoms with van der Waals surface area (Å²) in [6.45, 7) is 6.15. The maximum absolute atomic E-state index is 10.8. The number of carbonyl (C=O) groups excluding carboxylic acids is 1. The van der Waals surface area contributed by atoms with Crippen LogP contribution in [0.5, 0.6) is 0 Å². The molecule has 1 rings (SSSR count). The molecule has 1 aromatic rings. The van der Waals surface area contributed by atoms with Crippen LogP contribution in [0.15, 0.2) is 23.3 Å². The van der Waals surface area contributed by atoms with Crippen LogP contribution in [0.2, 0.25) is 5.15 Å². The molecule has 1 heterocycles. The van der Waals surface area contributed by atoms with Gasteiger partial charge in [0.05, 0.1) is 0 Å². The first-order valence-electron chi connectivity index (χ1n) is 6.99. The Labute approximate surface area is 153 Å². The number of guanidine groups is 1. The Morgan fingerprint density at radius 1 is 1.27 bits per heavy atom. The summed E-state index contributed by atoms with van der Waals surface area (Å²) < 4.78 is 0. The number of rotatable bonds is 7. The van der Waals surface area contributed by atoms with Crippen LogP contribution in [0, 0.1) is 0 Å². The highest BCUT2D eigenvalue weighted by atomic mass is 127. The minimum atomic E-state index is -0.0334. The first-order chi connectivity index (χ1) is 10.1. The predicted molar refractivity (Wildman–Crippen MR) is 101 cm³/mol. The van der Waals surface area contributed by atoms with Gasteiger partial charge in [0.25, 0.3) is 0 Å². The average Bonchev–Trinajstić information content (AvgIpc) is 2.45. The lowest BCUT2D eigenvalue weighted by molar-refractivity contribution is -0.118. The van der Waals surface area contributed by atoms with Gasteiger partial charge in [-0.1, -0.05) is 17.7 Å². The number of aromatic nitrogens is 1. The van der Waals surface area contributed by atoms with Gasteiger partial charge >= 0.3 is 0 Å². The molecule has 1 amide bonds. The molecule has 0 spiro atoms. The van der Waals surface area contributed by atoms with Crippen molar-refractivity contribution in [2.24, 2.45) is 4.99 Å². The van der Waals surface area contributed by atoms with Crippen molar-refractivity contribution >= 4 is 47.4 Å². The number of hydrogen-bond donors (Lipinski definition) is 3. The van der Waals surface area contributed by atoms with E-state index in [1.54, 1.807) is 12.3 Å². The monoisotopic (exact) mass is 439 g/mol. The maximum Gasteiger partial charge on any atom is 0.216 e. The molecule has 0 fully saturated rings. The Balaban J connectivity index is 0.00000441. The predicted octanol–water partition coefficient (Wildman–Crippen LogP) is 1.59. The Bertz CT molecular complexity index is 467. The molecule has 0 aliphatic rings. The number of carbonyl (C=O) groups is 1. The highest BCUT2D eigenvalue weighted by Gasteiger charge is 1.98. The summed E-state index contributed by atoms with van der Waals surface area (Å²) in [5, 5.41) is 9.54. The largest absolute Gasteiger partial charge is 0.357 e. The SMILES string of the molecule is CCNC(=NCCc1ccc(Cl)nc1)NCCNC(C)=O.I. The topological polar surface area (TPSA) is 78.4 Å². The van der Waals surface area contributed by atoms with Crippen molar-refractivity contribution in [3.8, 4) is 0 Å². The number of amides is 1. The molecule has 0 saturated carbocycles. The molecule has 1 aromatic heterocycles. The summed E-state index contributed by atoms with van der Waals surface area (Å²) in [5.74, 6) is 0.707. The van der Waals surface area contributed by atoms with Gasteiger partial charge in [-0.3, -0.25) is 9.79 Å². The summed E-state index contributed by atoms with van der Waals surface area (Å²) in [7, 11) is 0. The molecule has 0 radical (unpaired) electrons. The quantitative estimate of drug-likeness (QED) is 0.198. The van der Waals surface area contributed by atoms with Crippen molar-refractivity contribution in [2.45, 2.75) is 20.3 Å². The number of nitrogens with one attached hydrogen (secondary N) is 3. The van der Waals surface area contributed by atoms with E-state index in [1.807, 2.05) is 13.0 Å². The van der Waals surface area contributed by atoms with E-state index in [9.17, 15) is 4.79 Å². The summed E-state index contributed by atoms with van der Waals surface area (Å²) in [5.41, 5.74) is 1.09. The van der Waals surface area contributed by atoms with Gasteiger partial charge in [0.2, 0.25) is 5.91 Å². The lowest BCUT2D eigenvalue weighted by atomic mass is 10.2. The van der Waals surface area contributed by atoms with Crippen LogP contribution in [-0.2, 0) is 11.2 Å². The van der Waals surface area contributed by atoms with Crippen LogP contribution < -0.4 is 16.0 Å². The fourth-order valence-corrected chi connectivity index (χ4v) is 1.72. The van der Waals surface area contributed by atoms with Crippen molar-refractivity contribution in [1.82, 2.24) is 20.9 Å². The molecule has 3 N–H and O–H groups in total. The normalized spacial score (nSPS) is 10.6. The molecule has 6 nitrogen and oxygen atoms in total. The van der Waals surface area contributed by atoms with Crippen molar-refractivity contribution in [2.75, 3.05) is 26.2 Å². The second kappa shape index (κ2) is 12.5. The zero-order valence-electron chi connectivity index (χ0n) is 12.9. The number of hydrogen-bond acceptors (Lipinski definition) is 3. The first-order valence-corrected chi connectivity index (χ1v) is 7.36. The fourth-order valence-electron chi connectivity index (χ4n) is 1.61. The number of nitrogens with zero attached hydrogens (tertiary/aromatic N) is 2. The van der Waals surface area contributed by atoms with Crippen LogP contribution in [0.3, 0.4) is 0 Å². The third kappa shape index (κ3) is 9.78. The Hall–Kier alpha value is -1.09. The van der Waals surface area contributed by atoms with Crippen molar-refractivity contribution in [3.05, 3.63) is 29.0 Å². The van der Waals surface area contributed by atoms with E-state index in [4.69, 9.17) is 11.6 Å². The molecule has 0 aliphatic heterocycles. The van der Waals surface area contributed by atoms with Gasteiger partial charge in [-0.05, 0) is 25.0 Å². The summed E-state index contributed by atoms with van der Waals surface area (Å²) >= 11 is 5.74. The van der Waals surface area contributed by atoms with Crippen LogP contribution >= 0.6 is 35.6 Å². The molecule has 0 saturated heterocycles. The average molecular weight is 440 g/mol. The van der Waals surface area contributed by atoms with E-state index in [2.05, 4.69) is 25.9 Å². The molecule has 0 aromatic carbocycles. The summed E-state index contributed by atoms with van der Waals surface area (Å²) in [6.07, 6.45) is 2.56. The highest BCUT2D eigenvalue weighted by molar-refractivity contribution is 14.0. The van der Waals surface area contributed by atoms with Crippen LogP contribution in [0.4, 0.5) is 0 Å². The molecule has 0 aliphatic carbocycles. The van der Waals surface area contributed by atoms with Gasteiger partial charge in [-0.2, -0.15) is 0 Å². The minimum absolute atomic E-state index is 0. The van der Waals surface area contributed by atoms with Gasteiger partial charge in [-0.25, -0.2) is 4.98 Å². The van der Waals surface area contributed by atoms with Gasteiger partial charge in [-0.15, -0.1) is 24.0 Å². The smallest absolute Gasteiger partial charge is 0.216 e. The molecular formula is C14H23ClIN5O.